The maximum Gasteiger partial charge on any atom is 0.0559 e. The van der Waals surface area contributed by atoms with E-state index >= 15 is 0 Å². The Hall–Kier alpha value is -1.61. The van der Waals surface area contributed by atoms with E-state index in [1.807, 2.05) is 13.8 Å². The first-order valence-corrected chi connectivity index (χ1v) is 5.75. The van der Waals surface area contributed by atoms with E-state index in [9.17, 15) is 10.2 Å². The Morgan fingerprint density at radius 2 is 1.59 bits per heavy atom. The monoisotopic (exact) mass is 249 g/mol. The highest BCUT2D eigenvalue weighted by Crippen LogP contribution is 2.43. The molecular formula is C13H12ClNO2-2. The molecule has 0 atom stereocenters. The van der Waals surface area contributed by atoms with Gasteiger partial charge in [0.05, 0.1) is 5.02 Å². The van der Waals surface area contributed by atoms with Crippen LogP contribution >= 0.6 is 11.6 Å². The van der Waals surface area contributed by atoms with Gasteiger partial charge in [0.1, 0.15) is 0 Å². The Kier molecular flexibility index (Phi) is 3.03. The molecule has 2 rings (SSSR count). The lowest BCUT2D eigenvalue weighted by Crippen LogP contribution is -2.13. The molecule has 1 N–H and O–H groups in total. The Bertz CT molecular complexity index is 567. The third kappa shape index (κ3) is 1.98. The van der Waals surface area contributed by atoms with Crippen molar-refractivity contribution >= 4 is 28.1 Å². The van der Waals surface area contributed by atoms with Crippen LogP contribution in [0, 0.1) is 0 Å². The Morgan fingerprint density at radius 1 is 1.06 bits per heavy atom. The van der Waals surface area contributed by atoms with E-state index in [4.69, 9.17) is 11.6 Å². The van der Waals surface area contributed by atoms with Gasteiger partial charge >= 0.3 is 0 Å². The highest BCUT2D eigenvalue weighted by atomic mass is 35.5. The number of fused-ring (bicyclic) bond motifs is 1. The Morgan fingerprint density at radius 3 is 2.12 bits per heavy atom. The molecule has 0 bridgehead atoms. The van der Waals surface area contributed by atoms with Crippen molar-refractivity contribution in [1.82, 2.24) is 0 Å². The molecule has 2 aromatic rings. The molecule has 17 heavy (non-hydrogen) atoms. The van der Waals surface area contributed by atoms with Crippen LogP contribution in [0.1, 0.15) is 13.8 Å². The van der Waals surface area contributed by atoms with E-state index in [-0.39, 0.29) is 28.3 Å². The van der Waals surface area contributed by atoms with E-state index < -0.39 is 0 Å². The van der Waals surface area contributed by atoms with E-state index in [1.54, 1.807) is 24.3 Å². The standard InChI is InChI=1S/C13H14ClNO2/c1-7(2)15-11-10(14)12(16)8-5-3-4-6-9(8)13(11)17/h3-7,15-17H,1-2H3/p-2. The highest BCUT2D eigenvalue weighted by molar-refractivity contribution is 6.36. The van der Waals surface area contributed by atoms with Crippen LogP contribution in [-0.2, 0) is 0 Å². The number of hydrogen-bond acceptors (Lipinski definition) is 3. The minimum atomic E-state index is -0.301. The number of rotatable bonds is 2. The molecule has 0 heterocycles. The van der Waals surface area contributed by atoms with Crippen molar-refractivity contribution in [3.63, 3.8) is 0 Å². The highest BCUT2D eigenvalue weighted by Gasteiger charge is 2.08. The zero-order valence-corrected chi connectivity index (χ0v) is 10.3. The number of hydrogen-bond donors (Lipinski definition) is 1. The molecule has 0 spiro atoms. The fraction of sp³-hybridized carbons (Fsp3) is 0.231. The lowest BCUT2D eigenvalue weighted by atomic mass is 10.1. The first-order chi connectivity index (χ1) is 8.02. The van der Waals surface area contributed by atoms with Crippen LogP contribution in [-0.4, -0.2) is 6.04 Å². The molecule has 2 aromatic carbocycles. The number of halogens is 1. The number of anilines is 1. The van der Waals surface area contributed by atoms with E-state index in [0.29, 0.717) is 10.8 Å². The zero-order valence-electron chi connectivity index (χ0n) is 9.58. The van der Waals surface area contributed by atoms with Gasteiger partial charge in [0.2, 0.25) is 0 Å². The van der Waals surface area contributed by atoms with Gasteiger partial charge < -0.3 is 15.5 Å². The molecule has 0 unspecified atom stereocenters. The van der Waals surface area contributed by atoms with Crippen molar-refractivity contribution in [2.45, 2.75) is 19.9 Å². The summed E-state index contributed by atoms with van der Waals surface area (Å²) in [6.07, 6.45) is 0. The largest absolute Gasteiger partial charge is 0.871 e. The molecule has 3 nitrogen and oxygen atoms in total. The second-order valence-electron chi connectivity index (χ2n) is 4.19. The third-order valence-corrected chi connectivity index (χ3v) is 2.86. The van der Waals surface area contributed by atoms with Crippen molar-refractivity contribution in [1.29, 1.82) is 0 Å². The molecular weight excluding hydrogens is 238 g/mol. The van der Waals surface area contributed by atoms with Gasteiger partial charge in [0, 0.05) is 11.7 Å². The Balaban J connectivity index is 2.77. The van der Waals surface area contributed by atoms with Gasteiger partial charge in [-0.1, -0.05) is 47.4 Å². The predicted octanol–water partition coefficient (Wildman–Crippen LogP) is 2.46. The summed E-state index contributed by atoms with van der Waals surface area (Å²) in [6.45, 7) is 3.77. The second-order valence-corrected chi connectivity index (χ2v) is 4.57. The van der Waals surface area contributed by atoms with E-state index in [0.717, 1.165) is 0 Å². The molecule has 0 aromatic heterocycles. The van der Waals surface area contributed by atoms with Crippen molar-refractivity contribution in [3.05, 3.63) is 29.3 Å². The summed E-state index contributed by atoms with van der Waals surface area (Å²) in [7, 11) is 0. The first-order valence-electron chi connectivity index (χ1n) is 5.37. The first kappa shape index (κ1) is 11.9. The molecule has 0 amide bonds. The summed E-state index contributed by atoms with van der Waals surface area (Å²) in [5.41, 5.74) is 0.199. The Labute approximate surface area is 105 Å². The van der Waals surface area contributed by atoms with Crippen LogP contribution in [0.25, 0.3) is 10.8 Å². The summed E-state index contributed by atoms with van der Waals surface area (Å²) in [4.78, 5) is 0. The van der Waals surface area contributed by atoms with E-state index in [2.05, 4.69) is 5.32 Å². The van der Waals surface area contributed by atoms with Gasteiger partial charge in [-0.25, -0.2) is 0 Å². The average molecular weight is 250 g/mol. The van der Waals surface area contributed by atoms with Crippen molar-refractivity contribution in [3.8, 4) is 11.5 Å². The SMILES string of the molecule is CC(C)Nc1c(Cl)c([O-])c2ccccc2c1[O-]. The molecule has 0 saturated carbocycles. The molecule has 0 fully saturated rings. The summed E-state index contributed by atoms with van der Waals surface area (Å²) in [5, 5.41) is 27.8. The van der Waals surface area contributed by atoms with Gasteiger partial charge in [0.25, 0.3) is 0 Å². The minimum absolute atomic E-state index is 0.0256. The zero-order chi connectivity index (χ0) is 12.6. The normalized spacial score (nSPS) is 11.1. The fourth-order valence-electron chi connectivity index (χ4n) is 1.76. The van der Waals surface area contributed by atoms with Gasteiger partial charge in [-0.3, -0.25) is 0 Å². The topological polar surface area (TPSA) is 58.1 Å². The summed E-state index contributed by atoms with van der Waals surface area (Å²) in [5.74, 6) is -0.524. The maximum atomic E-state index is 12.2. The van der Waals surface area contributed by atoms with Crippen molar-refractivity contribution in [2.24, 2.45) is 0 Å². The van der Waals surface area contributed by atoms with Crippen molar-refractivity contribution in [2.75, 3.05) is 5.32 Å². The molecule has 0 aliphatic rings. The molecule has 0 aliphatic heterocycles. The van der Waals surface area contributed by atoms with Crippen LogP contribution in [0.3, 0.4) is 0 Å². The summed E-state index contributed by atoms with van der Waals surface area (Å²) >= 11 is 5.95. The van der Waals surface area contributed by atoms with Crippen LogP contribution in [0.4, 0.5) is 5.69 Å². The lowest BCUT2D eigenvalue weighted by molar-refractivity contribution is -0.270. The average Bonchev–Trinajstić information content (AvgIpc) is 2.31. The van der Waals surface area contributed by atoms with E-state index in [1.165, 1.54) is 0 Å². The van der Waals surface area contributed by atoms with Gasteiger partial charge in [-0.15, -0.1) is 0 Å². The maximum absolute atomic E-state index is 12.2. The molecule has 0 aliphatic carbocycles. The third-order valence-electron chi connectivity index (χ3n) is 2.50. The van der Waals surface area contributed by atoms with Crippen LogP contribution in [0.2, 0.25) is 5.02 Å². The smallest absolute Gasteiger partial charge is 0.0559 e. The molecule has 0 saturated heterocycles. The van der Waals surface area contributed by atoms with Gasteiger partial charge in [-0.05, 0) is 24.6 Å². The molecule has 0 radical (unpaired) electrons. The number of benzene rings is 2. The van der Waals surface area contributed by atoms with Crippen LogP contribution < -0.4 is 15.5 Å². The van der Waals surface area contributed by atoms with Gasteiger partial charge in [0.15, 0.2) is 0 Å². The van der Waals surface area contributed by atoms with Crippen molar-refractivity contribution < 1.29 is 10.2 Å². The summed E-state index contributed by atoms with van der Waals surface area (Å²) < 4.78 is 0. The summed E-state index contributed by atoms with van der Waals surface area (Å²) in [6, 6.07) is 6.75. The number of nitrogens with one attached hydrogen (secondary N) is 1. The van der Waals surface area contributed by atoms with Crippen LogP contribution in [0.5, 0.6) is 11.5 Å². The quantitative estimate of drug-likeness (QED) is 0.890. The second kappa shape index (κ2) is 4.34. The van der Waals surface area contributed by atoms with Gasteiger partial charge in [-0.2, -0.15) is 0 Å². The molecule has 4 heteroatoms. The predicted molar refractivity (Wildman–Crippen MR) is 66.6 cm³/mol. The molecule has 90 valence electrons. The lowest BCUT2D eigenvalue weighted by Gasteiger charge is -2.26. The van der Waals surface area contributed by atoms with Crippen LogP contribution in [0.15, 0.2) is 24.3 Å². The fourth-order valence-corrected chi connectivity index (χ4v) is 2.00. The minimum Gasteiger partial charge on any atom is -0.871 e.